The number of nitrogens with two attached hydrogens (primary N) is 1. The van der Waals surface area contributed by atoms with Crippen molar-refractivity contribution in [3.63, 3.8) is 0 Å². The van der Waals surface area contributed by atoms with Crippen LogP contribution in [0.3, 0.4) is 0 Å². The van der Waals surface area contributed by atoms with E-state index in [1.807, 2.05) is 24.3 Å². The van der Waals surface area contributed by atoms with E-state index < -0.39 is 0 Å². The molecule has 0 atom stereocenters. The van der Waals surface area contributed by atoms with Crippen LogP contribution in [0.15, 0.2) is 30.5 Å². The molecule has 5 nitrogen and oxygen atoms in total. The number of aliphatic hydroxyl groups is 1. The molecule has 20 heavy (non-hydrogen) atoms. The van der Waals surface area contributed by atoms with Gasteiger partial charge in [-0.3, -0.25) is 4.98 Å². The van der Waals surface area contributed by atoms with Gasteiger partial charge in [-0.25, -0.2) is 0 Å². The molecule has 1 aliphatic rings. The molecule has 0 amide bonds. The lowest BCUT2D eigenvalue weighted by atomic mass is 9.90. The molecule has 1 saturated heterocycles. The molecule has 2 aromatic rings. The highest BCUT2D eigenvalue weighted by Gasteiger charge is 2.32. The fourth-order valence-electron chi connectivity index (χ4n) is 2.64. The maximum atomic E-state index is 9.77. The first-order valence-corrected chi connectivity index (χ1v) is 6.83. The average Bonchev–Trinajstić information content (AvgIpc) is 2.48. The lowest BCUT2D eigenvalue weighted by Gasteiger charge is -2.37. The summed E-state index contributed by atoms with van der Waals surface area (Å²) in [5, 5.41) is 14.3. The first-order valence-electron chi connectivity index (χ1n) is 6.83. The minimum absolute atomic E-state index is 0.0924. The summed E-state index contributed by atoms with van der Waals surface area (Å²) in [6.45, 7) is 1.43. The van der Waals surface area contributed by atoms with Crippen LogP contribution in [0.5, 0.6) is 0 Å². The molecular weight excluding hydrogens is 254 g/mol. The summed E-state index contributed by atoms with van der Waals surface area (Å²) in [6, 6.07) is 7.62. The summed E-state index contributed by atoms with van der Waals surface area (Å²) in [5.74, 6) is 0. The number of anilines is 2. The van der Waals surface area contributed by atoms with E-state index in [9.17, 15) is 5.11 Å². The van der Waals surface area contributed by atoms with Crippen molar-refractivity contribution >= 4 is 22.3 Å². The number of rotatable bonds is 3. The van der Waals surface area contributed by atoms with Crippen LogP contribution in [0, 0.1) is 0 Å². The quantitative estimate of drug-likeness (QED) is 0.743. The highest BCUT2D eigenvalue weighted by Crippen LogP contribution is 2.30. The Morgan fingerprint density at radius 2 is 2.10 bits per heavy atom. The van der Waals surface area contributed by atoms with Crippen LogP contribution in [0.4, 0.5) is 11.4 Å². The van der Waals surface area contributed by atoms with Gasteiger partial charge in [0.15, 0.2) is 0 Å². The summed E-state index contributed by atoms with van der Waals surface area (Å²) in [5.41, 5.74) is 8.02. The number of nitrogens with one attached hydrogen (secondary N) is 1. The number of pyridine rings is 1. The van der Waals surface area contributed by atoms with Crippen molar-refractivity contribution in [2.75, 3.05) is 30.9 Å². The van der Waals surface area contributed by atoms with Gasteiger partial charge in [-0.05, 0) is 37.1 Å². The molecule has 4 N–H and O–H groups in total. The zero-order valence-electron chi connectivity index (χ0n) is 11.3. The fraction of sp³-hybridized carbons (Fsp3) is 0.400. The highest BCUT2D eigenvalue weighted by molar-refractivity contribution is 5.93. The van der Waals surface area contributed by atoms with Gasteiger partial charge in [-0.15, -0.1) is 0 Å². The number of benzene rings is 1. The third-order valence-corrected chi connectivity index (χ3v) is 3.92. The van der Waals surface area contributed by atoms with Gasteiger partial charge in [0.05, 0.1) is 17.7 Å². The smallest absolute Gasteiger partial charge is 0.0743 e. The van der Waals surface area contributed by atoms with Crippen molar-refractivity contribution in [1.82, 2.24) is 4.98 Å². The fourth-order valence-corrected chi connectivity index (χ4v) is 2.64. The van der Waals surface area contributed by atoms with E-state index in [1.54, 1.807) is 6.20 Å². The normalized spacial score (nSPS) is 18.1. The van der Waals surface area contributed by atoms with Gasteiger partial charge in [-0.1, -0.05) is 0 Å². The van der Waals surface area contributed by atoms with Crippen molar-refractivity contribution < 1.29 is 9.84 Å². The zero-order chi connectivity index (χ0) is 14.0. The number of nitrogens with zero attached hydrogens (tertiary/aromatic N) is 1. The summed E-state index contributed by atoms with van der Waals surface area (Å²) in [4.78, 5) is 4.34. The van der Waals surface area contributed by atoms with E-state index in [0.717, 1.165) is 29.4 Å². The number of nitrogen functional groups attached to an aromatic ring is 1. The summed E-state index contributed by atoms with van der Waals surface area (Å²) >= 11 is 0. The lowest BCUT2D eigenvalue weighted by Crippen LogP contribution is -2.46. The second kappa shape index (κ2) is 5.26. The van der Waals surface area contributed by atoms with E-state index in [-0.39, 0.29) is 12.1 Å². The monoisotopic (exact) mass is 273 g/mol. The molecule has 1 aliphatic heterocycles. The lowest BCUT2D eigenvalue weighted by molar-refractivity contribution is 0.0380. The van der Waals surface area contributed by atoms with Crippen LogP contribution < -0.4 is 11.1 Å². The van der Waals surface area contributed by atoms with Crippen molar-refractivity contribution in [1.29, 1.82) is 0 Å². The third kappa shape index (κ3) is 2.42. The maximum absolute atomic E-state index is 9.77. The van der Waals surface area contributed by atoms with E-state index >= 15 is 0 Å². The van der Waals surface area contributed by atoms with E-state index in [1.165, 1.54) is 0 Å². The second-order valence-corrected chi connectivity index (χ2v) is 5.31. The molecule has 0 radical (unpaired) electrons. The van der Waals surface area contributed by atoms with Gasteiger partial charge in [-0.2, -0.15) is 0 Å². The minimum atomic E-state index is -0.312. The Kier molecular flexibility index (Phi) is 3.46. The maximum Gasteiger partial charge on any atom is 0.0743 e. The van der Waals surface area contributed by atoms with Gasteiger partial charge >= 0.3 is 0 Å². The standard InChI is InChI=1S/C15H19N3O2/c16-11-1-2-12-13(3-6-17-14(12)9-11)18-15(10-19)4-7-20-8-5-15/h1-3,6,9,19H,4-5,7-8,10,16H2,(H,17,18). The molecule has 0 unspecified atom stereocenters. The van der Waals surface area contributed by atoms with E-state index in [4.69, 9.17) is 10.5 Å². The Hall–Kier alpha value is -1.85. The van der Waals surface area contributed by atoms with Crippen LogP contribution in [0.1, 0.15) is 12.8 Å². The molecule has 0 aliphatic carbocycles. The Bertz CT molecular complexity index is 609. The van der Waals surface area contributed by atoms with Crippen molar-refractivity contribution in [3.05, 3.63) is 30.5 Å². The molecular formula is C15H19N3O2. The molecule has 3 rings (SSSR count). The first kappa shape index (κ1) is 13.1. The topological polar surface area (TPSA) is 80.4 Å². The molecule has 5 heteroatoms. The Morgan fingerprint density at radius 3 is 2.85 bits per heavy atom. The molecule has 0 bridgehead atoms. The predicted octanol–water partition coefficient (Wildman–Crippen LogP) is 1.77. The Balaban J connectivity index is 1.97. The Labute approximate surface area is 117 Å². The molecule has 0 saturated carbocycles. The molecule has 1 fully saturated rings. The average molecular weight is 273 g/mol. The summed E-state index contributed by atoms with van der Waals surface area (Å²) < 4.78 is 5.39. The molecule has 0 spiro atoms. The highest BCUT2D eigenvalue weighted by atomic mass is 16.5. The summed E-state index contributed by atoms with van der Waals surface area (Å²) in [7, 11) is 0. The minimum Gasteiger partial charge on any atom is -0.399 e. The number of hydrogen-bond donors (Lipinski definition) is 3. The number of hydrogen-bond acceptors (Lipinski definition) is 5. The second-order valence-electron chi connectivity index (χ2n) is 5.31. The van der Waals surface area contributed by atoms with Gasteiger partial charge in [0.2, 0.25) is 0 Å². The van der Waals surface area contributed by atoms with Crippen LogP contribution >= 0.6 is 0 Å². The predicted molar refractivity (Wildman–Crippen MR) is 79.6 cm³/mol. The number of ether oxygens (including phenoxy) is 1. The van der Waals surface area contributed by atoms with Crippen LogP contribution in [0.2, 0.25) is 0 Å². The number of aromatic nitrogens is 1. The van der Waals surface area contributed by atoms with Gasteiger partial charge in [0, 0.05) is 36.2 Å². The van der Waals surface area contributed by atoms with Crippen LogP contribution in [-0.4, -0.2) is 35.5 Å². The van der Waals surface area contributed by atoms with Crippen molar-refractivity contribution in [2.24, 2.45) is 0 Å². The van der Waals surface area contributed by atoms with Gasteiger partial charge in [0.25, 0.3) is 0 Å². The number of fused-ring (bicyclic) bond motifs is 1. The molecule has 2 heterocycles. The number of aliphatic hydroxyl groups excluding tert-OH is 1. The molecule has 106 valence electrons. The first-order chi connectivity index (χ1) is 9.72. The third-order valence-electron chi connectivity index (χ3n) is 3.92. The molecule has 1 aromatic carbocycles. The Morgan fingerprint density at radius 1 is 1.30 bits per heavy atom. The van der Waals surface area contributed by atoms with E-state index in [2.05, 4.69) is 10.3 Å². The molecule has 1 aromatic heterocycles. The van der Waals surface area contributed by atoms with Crippen molar-refractivity contribution in [3.8, 4) is 0 Å². The van der Waals surface area contributed by atoms with Crippen molar-refractivity contribution in [2.45, 2.75) is 18.4 Å². The van der Waals surface area contributed by atoms with Gasteiger partial charge < -0.3 is 20.9 Å². The van der Waals surface area contributed by atoms with Crippen LogP contribution in [-0.2, 0) is 4.74 Å². The van der Waals surface area contributed by atoms with E-state index in [0.29, 0.717) is 18.9 Å². The summed E-state index contributed by atoms with van der Waals surface area (Å²) in [6.07, 6.45) is 3.35. The largest absolute Gasteiger partial charge is 0.399 e. The van der Waals surface area contributed by atoms with Crippen LogP contribution in [0.25, 0.3) is 10.9 Å². The zero-order valence-corrected chi connectivity index (χ0v) is 11.3. The van der Waals surface area contributed by atoms with Gasteiger partial charge in [0.1, 0.15) is 0 Å². The SMILES string of the molecule is Nc1ccc2c(NC3(CO)CCOCC3)ccnc2c1.